The molecule has 20 heavy (non-hydrogen) atoms. The van der Waals surface area contributed by atoms with Crippen LogP contribution in [-0.2, 0) is 0 Å². The Labute approximate surface area is 118 Å². The van der Waals surface area contributed by atoms with Crippen molar-refractivity contribution in [2.45, 2.75) is 26.3 Å². The molecule has 1 unspecified atom stereocenters. The summed E-state index contributed by atoms with van der Waals surface area (Å²) in [5.74, 6) is 1.12. The van der Waals surface area contributed by atoms with Gasteiger partial charge < -0.3 is 10.1 Å². The van der Waals surface area contributed by atoms with Gasteiger partial charge in [-0.25, -0.2) is 4.98 Å². The molecular weight excluding hydrogens is 254 g/mol. The molecule has 2 aromatic heterocycles. The first kappa shape index (κ1) is 14.1. The molecule has 1 atom stereocenters. The highest BCUT2D eigenvalue weighted by atomic mass is 16.5. The number of aromatic nitrogens is 2. The third kappa shape index (κ3) is 2.99. The highest BCUT2D eigenvalue weighted by molar-refractivity contribution is 5.42. The molecule has 5 heteroatoms. The van der Waals surface area contributed by atoms with Gasteiger partial charge in [-0.2, -0.15) is 0 Å². The summed E-state index contributed by atoms with van der Waals surface area (Å²) in [7, 11) is 1.48. The smallest absolute Gasteiger partial charge is 0.297 e. The Balaban J connectivity index is 2.29. The summed E-state index contributed by atoms with van der Waals surface area (Å²) < 4.78 is 6.54. The molecule has 1 N–H and O–H groups in total. The molecule has 0 spiro atoms. The number of methoxy groups -OCH3 is 1. The highest BCUT2D eigenvalue weighted by Crippen LogP contribution is 2.11. The Morgan fingerprint density at radius 2 is 2.20 bits per heavy atom. The molecule has 5 nitrogen and oxygen atoms in total. The summed E-state index contributed by atoms with van der Waals surface area (Å²) in [5, 5.41) is 3.28. The summed E-state index contributed by atoms with van der Waals surface area (Å²) in [6.45, 7) is 4.21. The number of hydrogen-bond donors (Lipinski definition) is 1. The monoisotopic (exact) mass is 273 g/mol. The van der Waals surface area contributed by atoms with Gasteiger partial charge in [0.1, 0.15) is 5.82 Å². The zero-order chi connectivity index (χ0) is 14.5. The van der Waals surface area contributed by atoms with Crippen molar-refractivity contribution in [3.8, 4) is 11.4 Å². The molecule has 0 radical (unpaired) electrons. The summed E-state index contributed by atoms with van der Waals surface area (Å²) in [6.07, 6.45) is 4.40. The van der Waals surface area contributed by atoms with E-state index in [-0.39, 0.29) is 5.56 Å². The summed E-state index contributed by atoms with van der Waals surface area (Å²) >= 11 is 0. The second kappa shape index (κ2) is 6.23. The molecule has 2 heterocycles. The van der Waals surface area contributed by atoms with Crippen LogP contribution in [0.3, 0.4) is 0 Å². The molecule has 0 aliphatic heterocycles. The SMILES string of the molecule is CCC(C)Nc1ccc(-n2cccc(OC)c2=O)cn1. The standard InChI is InChI=1S/C15H19N3O2/c1-4-11(2)17-14-8-7-12(10-16-14)18-9-5-6-13(20-3)15(18)19/h5-11H,4H2,1-3H3,(H,16,17). The first-order chi connectivity index (χ1) is 9.65. The minimum absolute atomic E-state index is 0.195. The molecule has 2 rings (SSSR count). The van der Waals surface area contributed by atoms with Crippen LogP contribution in [0.5, 0.6) is 5.75 Å². The second-order valence-electron chi connectivity index (χ2n) is 4.61. The fraction of sp³-hybridized carbons (Fsp3) is 0.333. The van der Waals surface area contributed by atoms with E-state index in [1.54, 1.807) is 24.5 Å². The zero-order valence-electron chi connectivity index (χ0n) is 12.0. The van der Waals surface area contributed by atoms with Crippen molar-refractivity contribution in [2.75, 3.05) is 12.4 Å². The van der Waals surface area contributed by atoms with Gasteiger partial charge in [0.05, 0.1) is 19.0 Å². The molecule has 2 aromatic rings. The fourth-order valence-electron chi connectivity index (χ4n) is 1.80. The summed E-state index contributed by atoms with van der Waals surface area (Å²) in [5.41, 5.74) is 0.517. The van der Waals surface area contributed by atoms with Gasteiger partial charge in [0, 0.05) is 12.2 Å². The molecular formula is C15H19N3O2. The van der Waals surface area contributed by atoms with Crippen molar-refractivity contribution in [3.05, 3.63) is 47.0 Å². The third-order valence-corrected chi connectivity index (χ3v) is 3.16. The topological polar surface area (TPSA) is 56.2 Å². The van der Waals surface area contributed by atoms with Crippen LogP contribution in [0.4, 0.5) is 5.82 Å². The number of rotatable bonds is 5. The fourth-order valence-corrected chi connectivity index (χ4v) is 1.80. The van der Waals surface area contributed by atoms with Gasteiger partial charge in [-0.15, -0.1) is 0 Å². The minimum Gasteiger partial charge on any atom is -0.491 e. The second-order valence-corrected chi connectivity index (χ2v) is 4.61. The van der Waals surface area contributed by atoms with Gasteiger partial charge in [0.25, 0.3) is 5.56 Å². The van der Waals surface area contributed by atoms with E-state index < -0.39 is 0 Å². The number of ether oxygens (including phenoxy) is 1. The van der Waals surface area contributed by atoms with Crippen LogP contribution >= 0.6 is 0 Å². The quantitative estimate of drug-likeness (QED) is 0.909. The molecule has 0 bridgehead atoms. The molecule has 0 saturated carbocycles. The van der Waals surface area contributed by atoms with E-state index in [0.717, 1.165) is 12.2 Å². The van der Waals surface area contributed by atoms with Gasteiger partial charge in [0.2, 0.25) is 0 Å². The Kier molecular flexibility index (Phi) is 4.40. The van der Waals surface area contributed by atoms with Crippen LogP contribution in [0, 0.1) is 0 Å². The maximum Gasteiger partial charge on any atom is 0.297 e. The van der Waals surface area contributed by atoms with Crippen LogP contribution < -0.4 is 15.6 Å². The number of anilines is 1. The van der Waals surface area contributed by atoms with Crippen LogP contribution in [0.15, 0.2) is 41.5 Å². The molecule has 0 aromatic carbocycles. The van der Waals surface area contributed by atoms with Gasteiger partial charge in [-0.3, -0.25) is 9.36 Å². The number of nitrogens with one attached hydrogen (secondary N) is 1. The molecule has 106 valence electrons. The summed E-state index contributed by atoms with van der Waals surface area (Å²) in [6, 6.07) is 7.51. The molecule has 0 saturated heterocycles. The van der Waals surface area contributed by atoms with E-state index in [4.69, 9.17) is 4.74 Å². The number of nitrogens with zero attached hydrogens (tertiary/aromatic N) is 2. The number of hydrogen-bond acceptors (Lipinski definition) is 4. The van der Waals surface area contributed by atoms with E-state index >= 15 is 0 Å². The maximum absolute atomic E-state index is 12.1. The average Bonchev–Trinajstić information content (AvgIpc) is 2.48. The van der Waals surface area contributed by atoms with Crippen molar-refractivity contribution in [1.29, 1.82) is 0 Å². The largest absolute Gasteiger partial charge is 0.491 e. The van der Waals surface area contributed by atoms with Crippen LogP contribution in [-0.4, -0.2) is 22.7 Å². The van der Waals surface area contributed by atoms with Crippen LogP contribution in [0.1, 0.15) is 20.3 Å². The van der Waals surface area contributed by atoms with Gasteiger partial charge in [-0.1, -0.05) is 6.92 Å². The predicted octanol–water partition coefficient (Wildman–Crippen LogP) is 2.45. The average molecular weight is 273 g/mol. The minimum atomic E-state index is -0.195. The Bertz CT molecular complexity index is 620. The van der Waals surface area contributed by atoms with Crippen molar-refractivity contribution in [3.63, 3.8) is 0 Å². The highest BCUT2D eigenvalue weighted by Gasteiger charge is 2.06. The Morgan fingerprint density at radius 3 is 2.80 bits per heavy atom. The first-order valence-electron chi connectivity index (χ1n) is 6.64. The Morgan fingerprint density at radius 1 is 1.40 bits per heavy atom. The lowest BCUT2D eigenvalue weighted by Crippen LogP contribution is -2.19. The Hall–Kier alpha value is -2.30. The first-order valence-corrected chi connectivity index (χ1v) is 6.64. The molecule has 0 aliphatic carbocycles. The van der Waals surface area contributed by atoms with Gasteiger partial charge >= 0.3 is 0 Å². The summed E-state index contributed by atoms with van der Waals surface area (Å²) in [4.78, 5) is 16.4. The lowest BCUT2D eigenvalue weighted by Gasteiger charge is -2.13. The maximum atomic E-state index is 12.1. The predicted molar refractivity (Wildman–Crippen MR) is 79.8 cm³/mol. The van der Waals surface area contributed by atoms with Crippen LogP contribution in [0.2, 0.25) is 0 Å². The van der Waals surface area contributed by atoms with Gasteiger partial charge in [0.15, 0.2) is 5.75 Å². The molecule has 0 fully saturated rings. The van der Waals surface area contributed by atoms with E-state index in [0.29, 0.717) is 17.5 Å². The van der Waals surface area contributed by atoms with Gasteiger partial charge in [-0.05, 0) is 37.6 Å². The molecule has 0 amide bonds. The third-order valence-electron chi connectivity index (χ3n) is 3.16. The van der Waals surface area contributed by atoms with Crippen molar-refractivity contribution < 1.29 is 4.74 Å². The lowest BCUT2D eigenvalue weighted by molar-refractivity contribution is 0.406. The van der Waals surface area contributed by atoms with Crippen molar-refractivity contribution in [1.82, 2.24) is 9.55 Å². The van der Waals surface area contributed by atoms with Crippen molar-refractivity contribution in [2.24, 2.45) is 0 Å². The normalized spacial score (nSPS) is 11.9. The zero-order valence-corrected chi connectivity index (χ0v) is 12.0. The lowest BCUT2D eigenvalue weighted by atomic mass is 10.2. The van der Waals surface area contributed by atoms with Crippen LogP contribution in [0.25, 0.3) is 5.69 Å². The van der Waals surface area contributed by atoms with E-state index in [1.165, 1.54) is 11.7 Å². The number of pyridine rings is 2. The van der Waals surface area contributed by atoms with E-state index in [2.05, 4.69) is 24.1 Å². The van der Waals surface area contributed by atoms with Crippen molar-refractivity contribution >= 4 is 5.82 Å². The van der Waals surface area contributed by atoms with E-state index in [1.807, 2.05) is 12.1 Å². The van der Waals surface area contributed by atoms with E-state index in [9.17, 15) is 4.79 Å². The molecule has 0 aliphatic rings.